The van der Waals surface area contributed by atoms with Crippen LogP contribution in [0.2, 0.25) is 0 Å². The molecule has 1 fully saturated rings. The SMILES string of the molecule is COc1ccc(-c2nc(CN3CCC[C@@H]3C)c(C)o2)c(OC)c1C. The van der Waals surface area contributed by atoms with Crippen molar-refractivity contribution in [2.75, 3.05) is 20.8 Å². The molecule has 0 bridgehead atoms. The number of hydrogen-bond acceptors (Lipinski definition) is 5. The lowest BCUT2D eigenvalue weighted by Crippen LogP contribution is -2.26. The molecular weight excluding hydrogens is 304 g/mol. The van der Waals surface area contributed by atoms with Crippen molar-refractivity contribution in [2.45, 2.75) is 46.2 Å². The highest BCUT2D eigenvalue weighted by Crippen LogP contribution is 2.38. The Kier molecular flexibility index (Phi) is 4.81. The van der Waals surface area contributed by atoms with Gasteiger partial charge in [-0.25, -0.2) is 4.98 Å². The summed E-state index contributed by atoms with van der Waals surface area (Å²) in [7, 11) is 3.32. The van der Waals surface area contributed by atoms with Crippen LogP contribution in [0, 0.1) is 13.8 Å². The van der Waals surface area contributed by atoms with Crippen molar-refractivity contribution < 1.29 is 13.9 Å². The van der Waals surface area contributed by atoms with E-state index in [1.807, 2.05) is 26.0 Å². The number of methoxy groups -OCH3 is 2. The van der Waals surface area contributed by atoms with Gasteiger partial charge in [-0.1, -0.05) is 0 Å². The third-order valence-electron chi connectivity index (χ3n) is 4.95. The minimum absolute atomic E-state index is 0.608. The second-order valence-corrected chi connectivity index (χ2v) is 6.46. The first kappa shape index (κ1) is 16.8. The van der Waals surface area contributed by atoms with E-state index >= 15 is 0 Å². The van der Waals surface area contributed by atoms with Gasteiger partial charge in [0.05, 0.1) is 25.5 Å². The van der Waals surface area contributed by atoms with E-state index in [-0.39, 0.29) is 0 Å². The molecule has 2 aromatic rings. The zero-order valence-electron chi connectivity index (χ0n) is 15.2. The molecule has 0 unspecified atom stereocenters. The van der Waals surface area contributed by atoms with Crippen LogP contribution in [-0.4, -0.2) is 36.7 Å². The molecule has 1 aromatic heterocycles. The Labute approximate surface area is 143 Å². The highest BCUT2D eigenvalue weighted by atomic mass is 16.5. The van der Waals surface area contributed by atoms with E-state index < -0.39 is 0 Å². The lowest BCUT2D eigenvalue weighted by atomic mass is 10.1. The molecule has 0 saturated carbocycles. The molecule has 5 heteroatoms. The summed E-state index contributed by atoms with van der Waals surface area (Å²) in [5, 5.41) is 0. The molecule has 1 aliphatic heterocycles. The Hall–Kier alpha value is -2.01. The van der Waals surface area contributed by atoms with E-state index in [0.717, 1.165) is 47.2 Å². The van der Waals surface area contributed by atoms with Crippen LogP contribution >= 0.6 is 0 Å². The number of nitrogens with zero attached hydrogens (tertiary/aromatic N) is 2. The van der Waals surface area contributed by atoms with Crippen molar-refractivity contribution in [1.82, 2.24) is 9.88 Å². The van der Waals surface area contributed by atoms with Crippen LogP contribution in [0.5, 0.6) is 11.5 Å². The van der Waals surface area contributed by atoms with Gasteiger partial charge >= 0.3 is 0 Å². The Morgan fingerprint density at radius 1 is 1.25 bits per heavy atom. The minimum Gasteiger partial charge on any atom is -0.496 e. The molecular formula is C19H26N2O3. The van der Waals surface area contributed by atoms with Gasteiger partial charge < -0.3 is 13.9 Å². The fraction of sp³-hybridized carbons (Fsp3) is 0.526. The highest BCUT2D eigenvalue weighted by Gasteiger charge is 2.24. The minimum atomic E-state index is 0.608. The van der Waals surface area contributed by atoms with Gasteiger partial charge in [0, 0.05) is 18.2 Å². The highest BCUT2D eigenvalue weighted by molar-refractivity contribution is 5.68. The van der Waals surface area contributed by atoms with Gasteiger partial charge in [-0.05, 0) is 52.3 Å². The van der Waals surface area contributed by atoms with Gasteiger partial charge in [0.15, 0.2) is 0 Å². The molecule has 0 aliphatic carbocycles. The van der Waals surface area contributed by atoms with Crippen LogP contribution < -0.4 is 9.47 Å². The van der Waals surface area contributed by atoms with Gasteiger partial charge in [-0.2, -0.15) is 0 Å². The van der Waals surface area contributed by atoms with Crippen molar-refractivity contribution >= 4 is 0 Å². The summed E-state index contributed by atoms with van der Waals surface area (Å²) in [5.41, 5.74) is 2.82. The fourth-order valence-electron chi connectivity index (χ4n) is 3.44. The smallest absolute Gasteiger partial charge is 0.230 e. The third-order valence-corrected chi connectivity index (χ3v) is 4.95. The Bertz CT molecular complexity index is 724. The molecule has 1 saturated heterocycles. The number of aryl methyl sites for hydroxylation is 1. The van der Waals surface area contributed by atoms with Gasteiger partial charge in [0.25, 0.3) is 0 Å². The van der Waals surface area contributed by atoms with Crippen LogP contribution in [-0.2, 0) is 6.54 Å². The standard InChI is InChI=1S/C19H26N2O3/c1-12-7-6-10-21(12)11-16-14(3)24-19(20-16)15-8-9-17(22-4)13(2)18(15)23-5/h8-9,12H,6-7,10-11H2,1-5H3/t12-/m0/s1. The first-order valence-corrected chi connectivity index (χ1v) is 8.47. The summed E-state index contributed by atoms with van der Waals surface area (Å²) in [5.74, 6) is 3.03. The van der Waals surface area contributed by atoms with E-state index in [4.69, 9.17) is 18.9 Å². The summed E-state index contributed by atoms with van der Waals surface area (Å²) in [4.78, 5) is 7.22. The normalized spacial score (nSPS) is 18.1. The second-order valence-electron chi connectivity index (χ2n) is 6.46. The maximum absolute atomic E-state index is 5.96. The summed E-state index contributed by atoms with van der Waals surface area (Å²) in [6.07, 6.45) is 2.52. The van der Waals surface area contributed by atoms with E-state index in [9.17, 15) is 0 Å². The molecule has 2 heterocycles. The quantitative estimate of drug-likeness (QED) is 0.830. The lowest BCUT2D eigenvalue weighted by Gasteiger charge is -2.19. The first-order chi connectivity index (χ1) is 11.5. The van der Waals surface area contributed by atoms with E-state index in [1.165, 1.54) is 12.8 Å². The molecule has 1 aliphatic rings. The van der Waals surface area contributed by atoms with Gasteiger partial charge in [-0.15, -0.1) is 0 Å². The first-order valence-electron chi connectivity index (χ1n) is 8.47. The average Bonchev–Trinajstić information content (AvgIpc) is 3.14. The van der Waals surface area contributed by atoms with Crippen molar-refractivity contribution in [3.63, 3.8) is 0 Å². The molecule has 0 spiro atoms. The number of benzene rings is 1. The zero-order valence-corrected chi connectivity index (χ0v) is 15.2. The zero-order chi connectivity index (χ0) is 17.3. The number of rotatable bonds is 5. The molecule has 3 rings (SSSR count). The summed E-state index contributed by atoms with van der Waals surface area (Å²) < 4.78 is 16.9. The number of oxazole rings is 1. The van der Waals surface area contributed by atoms with E-state index in [1.54, 1.807) is 14.2 Å². The van der Waals surface area contributed by atoms with Crippen LogP contribution in [0.25, 0.3) is 11.5 Å². The van der Waals surface area contributed by atoms with Gasteiger partial charge in [0.2, 0.25) is 5.89 Å². The molecule has 0 radical (unpaired) electrons. The average molecular weight is 330 g/mol. The molecule has 5 nitrogen and oxygen atoms in total. The number of ether oxygens (including phenoxy) is 2. The number of aromatic nitrogens is 1. The van der Waals surface area contributed by atoms with E-state index in [2.05, 4.69) is 11.8 Å². The van der Waals surface area contributed by atoms with Gasteiger partial charge in [0.1, 0.15) is 17.3 Å². The summed E-state index contributed by atoms with van der Waals surface area (Å²) in [6, 6.07) is 4.48. The monoisotopic (exact) mass is 330 g/mol. The lowest BCUT2D eigenvalue weighted by molar-refractivity contribution is 0.256. The largest absolute Gasteiger partial charge is 0.496 e. The summed E-state index contributed by atoms with van der Waals surface area (Å²) in [6.45, 7) is 8.21. The molecule has 1 atom stereocenters. The fourth-order valence-corrected chi connectivity index (χ4v) is 3.44. The molecule has 0 N–H and O–H groups in total. The molecule has 130 valence electrons. The van der Waals surface area contributed by atoms with Gasteiger partial charge in [-0.3, -0.25) is 4.90 Å². The summed E-state index contributed by atoms with van der Waals surface area (Å²) >= 11 is 0. The van der Waals surface area contributed by atoms with Crippen molar-refractivity contribution in [3.8, 4) is 23.0 Å². The Morgan fingerprint density at radius 2 is 2.04 bits per heavy atom. The molecule has 24 heavy (non-hydrogen) atoms. The topological polar surface area (TPSA) is 47.7 Å². The van der Waals surface area contributed by atoms with Crippen molar-refractivity contribution in [3.05, 3.63) is 29.2 Å². The Morgan fingerprint density at radius 3 is 2.67 bits per heavy atom. The van der Waals surface area contributed by atoms with Crippen LogP contribution in [0.1, 0.15) is 36.8 Å². The predicted molar refractivity (Wildman–Crippen MR) is 93.6 cm³/mol. The van der Waals surface area contributed by atoms with Crippen molar-refractivity contribution in [2.24, 2.45) is 0 Å². The molecule has 0 amide bonds. The van der Waals surface area contributed by atoms with Crippen LogP contribution in [0.3, 0.4) is 0 Å². The Balaban J connectivity index is 1.93. The van der Waals surface area contributed by atoms with Crippen LogP contribution in [0.4, 0.5) is 0 Å². The maximum Gasteiger partial charge on any atom is 0.230 e. The van der Waals surface area contributed by atoms with E-state index in [0.29, 0.717) is 11.9 Å². The van der Waals surface area contributed by atoms with Crippen LogP contribution in [0.15, 0.2) is 16.5 Å². The maximum atomic E-state index is 5.96. The predicted octanol–water partition coefficient (Wildman–Crippen LogP) is 3.96. The number of hydrogen-bond donors (Lipinski definition) is 0. The van der Waals surface area contributed by atoms with Crippen molar-refractivity contribution in [1.29, 1.82) is 0 Å². The third kappa shape index (κ3) is 3.00. The number of likely N-dealkylation sites (tertiary alicyclic amines) is 1. The molecule has 1 aromatic carbocycles. The second kappa shape index (κ2) is 6.85.